The molecule has 0 rings (SSSR count). The number of hydrogen-bond acceptors (Lipinski definition) is 1. The Balaban J connectivity index is 0. The van der Waals surface area contributed by atoms with Crippen molar-refractivity contribution in [2.75, 3.05) is 13.2 Å². The Labute approximate surface area is 121 Å². The summed E-state index contributed by atoms with van der Waals surface area (Å²) >= 11 is 0. The maximum absolute atomic E-state index is 5.57. The van der Waals surface area contributed by atoms with Crippen LogP contribution in [0.1, 0.15) is 64.7 Å². The Kier molecular flexibility index (Phi) is 21.5. The molecule has 17 heavy (non-hydrogen) atoms. The Morgan fingerprint density at radius 3 is 2.24 bits per heavy atom. The van der Waals surface area contributed by atoms with Crippen LogP contribution in [0.4, 0.5) is 0 Å². The molecule has 0 aromatic rings. The normalized spacial score (nSPS) is 10.7. The summed E-state index contributed by atoms with van der Waals surface area (Å²) < 4.78 is 5.57. The Bertz CT molecular complexity index is 146. The van der Waals surface area contributed by atoms with E-state index in [0.29, 0.717) is 0 Å². The van der Waals surface area contributed by atoms with Crippen molar-refractivity contribution in [1.82, 2.24) is 0 Å². The van der Waals surface area contributed by atoms with Crippen LogP contribution in [0.3, 0.4) is 0 Å². The number of allylic oxidation sites excluding steroid dienone is 2. The van der Waals surface area contributed by atoms with Crippen molar-refractivity contribution in [1.29, 1.82) is 0 Å². The molecule has 0 aromatic carbocycles. The van der Waals surface area contributed by atoms with Crippen LogP contribution < -0.4 is 0 Å². The molecule has 1 radical (unpaired) electrons. The summed E-state index contributed by atoms with van der Waals surface area (Å²) in [4.78, 5) is 0. The van der Waals surface area contributed by atoms with E-state index in [1.165, 1.54) is 38.5 Å². The zero-order valence-corrected chi connectivity index (χ0v) is 11.0. The Morgan fingerprint density at radius 2 is 1.53 bits per heavy atom. The second-order valence-corrected chi connectivity index (χ2v) is 4.28. The van der Waals surface area contributed by atoms with Crippen LogP contribution in [0.5, 0.6) is 0 Å². The first kappa shape index (κ1) is 19.6. The van der Waals surface area contributed by atoms with Crippen molar-refractivity contribution in [3.63, 3.8) is 0 Å². The molecule has 97 valence electrons. The van der Waals surface area contributed by atoms with Gasteiger partial charge >= 0.3 is 18.9 Å². The average Bonchev–Trinajstić information content (AvgIpc) is 2.31. The molecule has 0 aliphatic heterocycles. The standard InChI is InChI=1S/C15H29O.Li.H/c1-3-5-7-9-11-13-15-16-14-12-10-8-6-4-2;;/h6,8H,2-5,7,9-15H2,1H3;;/b8-6-;;. The molecule has 0 spiro atoms. The second-order valence-electron chi connectivity index (χ2n) is 4.28. The van der Waals surface area contributed by atoms with Crippen molar-refractivity contribution in [3.8, 4) is 0 Å². The van der Waals surface area contributed by atoms with Gasteiger partial charge in [-0.15, -0.1) is 0 Å². The molecule has 0 aliphatic rings. The van der Waals surface area contributed by atoms with E-state index in [0.717, 1.165) is 32.5 Å². The number of ether oxygens (including phenoxy) is 1. The van der Waals surface area contributed by atoms with E-state index in [9.17, 15) is 0 Å². The fourth-order valence-corrected chi connectivity index (χ4v) is 1.63. The third-order valence-electron chi connectivity index (χ3n) is 2.64. The SMILES string of the molecule is [CH2]C/C=C\CCCOCCCCCCCC.[LiH]. The van der Waals surface area contributed by atoms with Gasteiger partial charge in [0.05, 0.1) is 0 Å². The van der Waals surface area contributed by atoms with Gasteiger partial charge in [-0.25, -0.2) is 0 Å². The van der Waals surface area contributed by atoms with Crippen LogP contribution in [0.15, 0.2) is 12.2 Å². The molecule has 0 saturated heterocycles. The van der Waals surface area contributed by atoms with E-state index in [1.54, 1.807) is 0 Å². The Morgan fingerprint density at radius 1 is 0.882 bits per heavy atom. The fraction of sp³-hybridized carbons (Fsp3) is 0.800. The maximum atomic E-state index is 5.57. The van der Waals surface area contributed by atoms with E-state index in [-0.39, 0.29) is 18.9 Å². The molecule has 0 saturated carbocycles. The fourth-order valence-electron chi connectivity index (χ4n) is 1.63. The molecule has 2 heteroatoms. The van der Waals surface area contributed by atoms with Gasteiger partial charge < -0.3 is 4.74 Å². The van der Waals surface area contributed by atoms with Gasteiger partial charge in [-0.3, -0.25) is 0 Å². The van der Waals surface area contributed by atoms with Crippen LogP contribution in [0.25, 0.3) is 0 Å². The first-order valence-electron chi connectivity index (χ1n) is 6.93. The van der Waals surface area contributed by atoms with Gasteiger partial charge in [-0.1, -0.05) is 51.2 Å². The van der Waals surface area contributed by atoms with Gasteiger partial charge in [0.1, 0.15) is 0 Å². The Hall–Kier alpha value is 0.297. The molecule has 0 aliphatic carbocycles. The molecule has 0 N–H and O–H groups in total. The first-order valence-corrected chi connectivity index (χ1v) is 6.93. The second kappa shape index (κ2) is 18.7. The molecule has 0 atom stereocenters. The summed E-state index contributed by atoms with van der Waals surface area (Å²) in [6, 6.07) is 0. The van der Waals surface area contributed by atoms with Gasteiger partial charge in [0.15, 0.2) is 0 Å². The first-order chi connectivity index (χ1) is 7.91. The van der Waals surface area contributed by atoms with Crippen molar-refractivity contribution in [2.24, 2.45) is 0 Å². The van der Waals surface area contributed by atoms with E-state index in [2.05, 4.69) is 26.0 Å². The molecule has 0 unspecified atom stereocenters. The topological polar surface area (TPSA) is 9.23 Å². The van der Waals surface area contributed by atoms with Crippen LogP contribution in [0.2, 0.25) is 0 Å². The van der Waals surface area contributed by atoms with Gasteiger partial charge in [0.25, 0.3) is 0 Å². The van der Waals surface area contributed by atoms with E-state index < -0.39 is 0 Å². The van der Waals surface area contributed by atoms with Gasteiger partial charge in [-0.05, 0) is 32.6 Å². The van der Waals surface area contributed by atoms with Crippen LogP contribution in [0, 0.1) is 6.92 Å². The van der Waals surface area contributed by atoms with Crippen LogP contribution >= 0.6 is 0 Å². The molecule has 0 amide bonds. The van der Waals surface area contributed by atoms with Gasteiger partial charge in [0, 0.05) is 13.2 Å². The molecule has 0 bridgehead atoms. The molecule has 0 heterocycles. The molecular weight excluding hydrogens is 203 g/mol. The van der Waals surface area contributed by atoms with Crippen LogP contribution in [-0.4, -0.2) is 32.1 Å². The zero-order chi connectivity index (χ0) is 11.9. The van der Waals surface area contributed by atoms with Crippen molar-refractivity contribution in [3.05, 3.63) is 19.1 Å². The van der Waals surface area contributed by atoms with Crippen LogP contribution in [-0.2, 0) is 4.74 Å². The van der Waals surface area contributed by atoms with Gasteiger partial charge in [0.2, 0.25) is 0 Å². The summed E-state index contributed by atoms with van der Waals surface area (Å²) in [6.45, 7) is 7.88. The molecule has 0 aromatic heterocycles. The van der Waals surface area contributed by atoms with E-state index in [1.807, 2.05) is 0 Å². The molecule has 0 fully saturated rings. The summed E-state index contributed by atoms with van der Waals surface area (Å²) in [5, 5.41) is 0. The third-order valence-corrected chi connectivity index (χ3v) is 2.64. The van der Waals surface area contributed by atoms with Crippen molar-refractivity contribution >= 4 is 18.9 Å². The van der Waals surface area contributed by atoms with E-state index in [4.69, 9.17) is 4.74 Å². The van der Waals surface area contributed by atoms with Gasteiger partial charge in [-0.2, -0.15) is 0 Å². The van der Waals surface area contributed by atoms with Crippen molar-refractivity contribution < 1.29 is 4.74 Å². The predicted molar refractivity (Wildman–Crippen MR) is 79.7 cm³/mol. The monoisotopic (exact) mass is 233 g/mol. The summed E-state index contributed by atoms with van der Waals surface area (Å²) in [5.74, 6) is 0. The minimum absolute atomic E-state index is 0. The quantitative estimate of drug-likeness (QED) is 0.278. The average molecular weight is 233 g/mol. The minimum atomic E-state index is 0. The number of hydrogen-bond donors (Lipinski definition) is 0. The van der Waals surface area contributed by atoms with Crippen molar-refractivity contribution in [2.45, 2.75) is 64.7 Å². The molecule has 1 nitrogen and oxygen atoms in total. The number of unbranched alkanes of at least 4 members (excludes halogenated alkanes) is 6. The summed E-state index contributed by atoms with van der Waals surface area (Å²) in [6.07, 6.45) is 15.6. The van der Waals surface area contributed by atoms with E-state index >= 15 is 0 Å². The number of rotatable bonds is 12. The third kappa shape index (κ3) is 18.8. The summed E-state index contributed by atoms with van der Waals surface area (Å²) in [5.41, 5.74) is 0. The molecular formula is C15H30LiO. The predicted octanol–water partition coefficient (Wildman–Crippen LogP) is 4.28. The summed E-state index contributed by atoms with van der Waals surface area (Å²) in [7, 11) is 0. The zero-order valence-electron chi connectivity index (χ0n) is 11.0.